The van der Waals surface area contributed by atoms with Gasteiger partial charge >= 0.3 is 56.2 Å². The highest BCUT2D eigenvalue weighted by molar-refractivity contribution is 6.83. The number of ether oxygens (including phenoxy) is 1. The molecule has 26 heteroatoms. The van der Waals surface area contributed by atoms with E-state index in [9.17, 15) is 94.8 Å². The maximum Gasteiger partial charge on any atom is 0.460 e. The zero-order valence-electron chi connectivity index (χ0n) is 27.8. The molecule has 1 aromatic rings. The van der Waals surface area contributed by atoms with Gasteiger partial charge in [0.2, 0.25) is 5.91 Å². The van der Waals surface area contributed by atoms with E-state index in [2.05, 4.69) is 5.32 Å². The molecule has 314 valence electrons. The summed E-state index contributed by atoms with van der Waals surface area (Å²) >= 11 is 0. The fourth-order valence-corrected chi connectivity index (χ4v) is 8.65. The van der Waals surface area contributed by atoms with E-state index >= 15 is 0 Å². The second-order valence-electron chi connectivity index (χ2n) is 13.0. The second-order valence-corrected chi connectivity index (χ2v) is 16.9. The van der Waals surface area contributed by atoms with Crippen LogP contribution in [0.25, 0.3) is 0 Å². The van der Waals surface area contributed by atoms with Crippen molar-refractivity contribution in [2.45, 2.75) is 117 Å². The zero-order chi connectivity index (χ0) is 42.5. The lowest BCUT2D eigenvalue weighted by atomic mass is 9.88. The monoisotopic (exact) mass is 845 g/mol. The average Bonchev–Trinajstić information content (AvgIpc) is 3.02. The van der Waals surface area contributed by atoms with Crippen LogP contribution in [0.15, 0.2) is 30.3 Å². The Bertz CT molecular complexity index is 1450. The summed E-state index contributed by atoms with van der Waals surface area (Å²) in [5.41, 5.74) is 0. The molecule has 1 saturated heterocycles. The molecule has 2 rings (SSSR count). The van der Waals surface area contributed by atoms with Crippen LogP contribution in [-0.4, -0.2) is 121 Å². The van der Waals surface area contributed by atoms with Gasteiger partial charge in [0, 0.05) is 25.0 Å². The van der Waals surface area contributed by atoms with E-state index < -0.39 is 117 Å². The highest BCUT2D eigenvalue weighted by atomic mass is 28.4. The molecule has 1 amide bonds. The van der Waals surface area contributed by atoms with Crippen molar-refractivity contribution in [3.05, 3.63) is 30.3 Å². The fourth-order valence-electron chi connectivity index (χ4n) is 5.08. The first-order chi connectivity index (χ1) is 24.0. The third-order valence-electron chi connectivity index (χ3n) is 8.18. The first-order valence-corrected chi connectivity index (χ1v) is 16.8. The van der Waals surface area contributed by atoms with Gasteiger partial charge in [0.25, 0.3) is 0 Å². The van der Waals surface area contributed by atoms with Crippen LogP contribution < -0.4 is 10.5 Å². The Morgan fingerprint density at radius 3 is 1.59 bits per heavy atom. The van der Waals surface area contributed by atoms with Gasteiger partial charge in [-0.15, -0.1) is 0 Å². The Kier molecular flexibility index (Phi) is 13.3. The molecule has 1 aliphatic heterocycles. The maximum absolute atomic E-state index is 14.9. The van der Waals surface area contributed by atoms with Gasteiger partial charge in [-0.25, -0.2) is 0 Å². The van der Waals surface area contributed by atoms with Crippen LogP contribution in [0.3, 0.4) is 0 Å². The van der Waals surface area contributed by atoms with Gasteiger partial charge in [0.1, 0.15) is 24.4 Å². The number of aliphatic hydroxyl groups is 3. The highest BCUT2D eigenvalue weighted by Crippen LogP contribution is 2.64. The molecular weight excluding hydrogens is 813 g/mol. The molecule has 1 heterocycles. The molecule has 0 aliphatic carbocycles. The SMILES string of the molecule is CC(=O)N[C@H]1C(O[Si](OCCC(F)(F)C(F)(F)C(F)(F)C(F)(F)C(F)(F)C(F)(F)C(F)(F)C(F)(F)F)(c2ccccc2)C(C)(C)C)O[C@H](CO)[C@@H](O)[C@@H]1O. The van der Waals surface area contributed by atoms with Gasteiger partial charge in [-0.2, -0.15) is 74.6 Å². The molecule has 2 unspecified atom stereocenters. The second kappa shape index (κ2) is 15.1. The fraction of sp³-hybridized carbons (Fsp3) is 0.750. The molecule has 0 radical (unpaired) electrons. The van der Waals surface area contributed by atoms with Crippen molar-refractivity contribution in [1.29, 1.82) is 0 Å². The minimum absolute atomic E-state index is 0.164. The molecule has 8 nitrogen and oxygen atoms in total. The number of benzene rings is 1. The van der Waals surface area contributed by atoms with Crippen LogP contribution in [0.4, 0.5) is 74.6 Å². The lowest BCUT2D eigenvalue weighted by Gasteiger charge is -2.48. The molecule has 1 aromatic carbocycles. The molecule has 4 N–H and O–H groups in total. The van der Waals surface area contributed by atoms with Crippen molar-refractivity contribution in [1.82, 2.24) is 5.32 Å². The van der Waals surface area contributed by atoms with Crippen LogP contribution in [0.2, 0.25) is 5.04 Å². The molecule has 0 saturated carbocycles. The van der Waals surface area contributed by atoms with E-state index in [1.807, 2.05) is 0 Å². The molecule has 54 heavy (non-hydrogen) atoms. The van der Waals surface area contributed by atoms with E-state index in [1.165, 1.54) is 39.0 Å². The number of hydrogen-bond acceptors (Lipinski definition) is 7. The smallest absolute Gasteiger partial charge is 0.394 e. The van der Waals surface area contributed by atoms with Crippen LogP contribution in [0, 0.1) is 0 Å². The van der Waals surface area contributed by atoms with Crippen LogP contribution in [0.1, 0.15) is 34.1 Å². The van der Waals surface area contributed by atoms with Crippen molar-refractivity contribution in [2.24, 2.45) is 0 Å². The minimum atomic E-state index is -8.77. The van der Waals surface area contributed by atoms with Gasteiger partial charge in [0.15, 0.2) is 6.29 Å². The van der Waals surface area contributed by atoms with Gasteiger partial charge in [-0.3, -0.25) is 4.79 Å². The number of hydrogen-bond donors (Lipinski definition) is 4. The summed E-state index contributed by atoms with van der Waals surface area (Å²) in [5.74, 6) is -58.5. The summed E-state index contributed by atoms with van der Waals surface area (Å²) < 4.78 is 252. The highest BCUT2D eigenvalue weighted by Gasteiger charge is 2.95. The van der Waals surface area contributed by atoms with Gasteiger partial charge < -0.3 is 34.2 Å². The van der Waals surface area contributed by atoms with Gasteiger partial charge in [-0.1, -0.05) is 51.1 Å². The number of halogens is 17. The number of alkyl halides is 17. The lowest BCUT2D eigenvalue weighted by molar-refractivity contribution is -0.461. The van der Waals surface area contributed by atoms with Crippen LogP contribution in [-0.2, 0) is 18.4 Å². The van der Waals surface area contributed by atoms with E-state index in [-0.39, 0.29) is 5.19 Å². The predicted molar refractivity (Wildman–Crippen MR) is 149 cm³/mol. The first kappa shape index (κ1) is 47.6. The molecular formula is C28H32F17NO7Si. The normalized spacial score (nSPS) is 24.3. The van der Waals surface area contributed by atoms with E-state index in [1.54, 1.807) is 0 Å². The van der Waals surface area contributed by atoms with Crippen LogP contribution >= 0.6 is 0 Å². The molecule has 0 spiro atoms. The number of amides is 1. The Hall–Kier alpha value is -2.52. The number of carbonyl (C=O) groups is 1. The number of nitrogens with one attached hydrogen (secondary N) is 1. The summed E-state index contributed by atoms with van der Waals surface area (Å²) in [7, 11) is -4.86. The number of rotatable bonds is 15. The van der Waals surface area contributed by atoms with Crippen molar-refractivity contribution < 1.29 is 108 Å². The molecule has 0 aromatic heterocycles. The summed E-state index contributed by atoms with van der Waals surface area (Å²) in [6.07, 6.45) is -18.5. The summed E-state index contributed by atoms with van der Waals surface area (Å²) in [4.78, 5) is 11.9. The topological polar surface area (TPSA) is 117 Å². The molecule has 1 fully saturated rings. The quantitative estimate of drug-likeness (QED) is 0.136. The predicted octanol–water partition coefficient (Wildman–Crippen LogP) is 5.51. The Labute approximate surface area is 294 Å². The number of carbonyl (C=O) groups excluding carboxylic acids is 1. The van der Waals surface area contributed by atoms with E-state index in [4.69, 9.17) is 13.6 Å². The van der Waals surface area contributed by atoms with Gasteiger partial charge in [-0.05, 0) is 5.19 Å². The largest absolute Gasteiger partial charge is 0.460 e. The summed E-state index contributed by atoms with van der Waals surface area (Å²) in [6.45, 7) is 1.54. The molecule has 6 atom stereocenters. The zero-order valence-corrected chi connectivity index (χ0v) is 28.8. The Morgan fingerprint density at radius 2 is 1.19 bits per heavy atom. The molecule has 0 bridgehead atoms. The lowest BCUT2D eigenvalue weighted by Crippen LogP contribution is -2.74. The third kappa shape index (κ3) is 7.75. The van der Waals surface area contributed by atoms with Crippen molar-refractivity contribution in [2.75, 3.05) is 13.2 Å². The minimum Gasteiger partial charge on any atom is -0.394 e. The van der Waals surface area contributed by atoms with E-state index in [0.717, 1.165) is 19.1 Å². The van der Waals surface area contributed by atoms with Gasteiger partial charge in [0.05, 0.1) is 6.61 Å². The third-order valence-corrected chi connectivity index (χ3v) is 12.4. The Balaban J connectivity index is 2.63. The van der Waals surface area contributed by atoms with Crippen molar-refractivity contribution >= 4 is 19.7 Å². The van der Waals surface area contributed by atoms with Crippen molar-refractivity contribution in [3.63, 3.8) is 0 Å². The average molecular weight is 846 g/mol. The van der Waals surface area contributed by atoms with E-state index in [0.29, 0.717) is 0 Å². The molecule has 1 aliphatic rings. The Morgan fingerprint density at radius 1 is 0.741 bits per heavy atom. The number of aliphatic hydroxyl groups excluding tert-OH is 3. The van der Waals surface area contributed by atoms with Crippen molar-refractivity contribution in [3.8, 4) is 0 Å². The van der Waals surface area contributed by atoms with Crippen LogP contribution in [0.5, 0.6) is 0 Å². The summed E-state index contributed by atoms with van der Waals surface area (Å²) in [5, 5.41) is 31.0. The first-order valence-electron chi connectivity index (χ1n) is 14.9. The standard InChI is InChI=1S/C28H32F17NO7Si/c1-13(48)46-16-18(50)17(49)15(12-47)52-19(16)53-54(20(2,3)4,14-8-6-5-7-9-14)51-11-10-21(29,30)22(31,32)23(33,34)24(35,36)25(37,38)26(39,40)27(41,42)28(43,44)45/h5-9,15-19,47,49-50H,10-12H2,1-4H3,(H,46,48)/t15-,16-,17-,18-,19?,54?/m1/s1. The maximum atomic E-state index is 14.9. The summed E-state index contributed by atoms with van der Waals surface area (Å²) in [6, 6.07) is 4.37.